The highest BCUT2D eigenvalue weighted by atomic mass is 16.5. The number of fused-ring (bicyclic) bond motifs is 1. The zero-order valence-electron chi connectivity index (χ0n) is 6.58. The van der Waals surface area contributed by atoms with E-state index in [0.29, 0.717) is 11.5 Å². The number of nitrogens with zero attached hydrogens (tertiary/aromatic N) is 4. The fourth-order valence-electron chi connectivity index (χ4n) is 0.940. The Labute approximate surface area is 72.6 Å². The van der Waals surface area contributed by atoms with Crippen LogP contribution >= 0.6 is 0 Å². The molecule has 0 saturated carbocycles. The highest BCUT2D eigenvalue weighted by Gasteiger charge is 2.06. The maximum Gasteiger partial charge on any atom is 0.444 e. The number of ether oxygens (including phenoxy) is 1. The molecule has 0 radical (unpaired) electrons. The molecular weight excluding hydrogens is 172 g/mol. The van der Waals surface area contributed by atoms with Crippen LogP contribution in [0.5, 0.6) is 5.88 Å². The van der Waals surface area contributed by atoms with Crippen molar-refractivity contribution in [3.63, 3.8) is 0 Å². The van der Waals surface area contributed by atoms with Crippen molar-refractivity contribution < 1.29 is 10.1 Å². The average Bonchev–Trinajstić information content (AvgIpc) is 2.51. The first-order chi connectivity index (χ1) is 6.27. The van der Waals surface area contributed by atoms with Crippen LogP contribution in [-0.4, -0.2) is 26.1 Å². The molecule has 0 aromatic carbocycles. The van der Waals surface area contributed by atoms with Crippen LogP contribution in [0, 0.1) is 0 Å². The molecule has 2 rings (SSSR count). The molecule has 2 heterocycles. The zero-order chi connectivity index (χ0) is 9.26. The largest absolute Gasteiger partial charge is 0.444 e. The van der Waals surface area contributed by atoms with E-state index in [-0.39, 0.29) is 6.02 Å². The maximum atomic E-state index is 5.17. The first-order valence-electron chi connectivity index (χ1n) is 3.50. The summed E-state index contributed by atoms with van der Waals surface area (Å²) in [6.45, 7) is 0. The Morgan fingerprint density at radius 2 is 2.38 bits per heavy atom. The van der Waals surface area contributed by atoms with Crippen LogP contribution in [0.15, 0.2) is 18.2 Å². The van der Waals surface area contributed by atoms with E-state index < -0.39 is 0 Å². The van der Waals surface area contributed by atoms with Crippen molar-refractivity contribution in [2.45, 2.75) is 0 Å². The minimum absolute atomic E-state index is 0.150. The molecule has 13 heavy (non-hydrogen) atoms. The SMILES string of the molecule is NC(=[NH2+])Oc1cccc2nnnn12. The lowest BCUT2D eigenvalue weighted by Crippen LogP contribution is -2.49. The molecule has 0 fully saturated rings. The average molecular weight is 179 g/mol. The van der Waals surface area contributed by atoms with Crippen molar-refractivity contribution in [2.75, 3.05) is 0 Å². The second-order valence-electron chi connectivity index (χ2n) is 2.32. The molecule has 4 N–H and O–H groups in total. The molecular formula is C6H7N6O+. The predicted octanol–water partition coefficient (Wildman–Crippen LogP) is -2.42. The quantitative estimate of drug-likeness (QED) is 0.374. The van der Waals surface area contributed by atoms with Gasteiger partial charge in [-0.25, -0.2) is 0 Å². The third-order valence-electron chi connectivity index (χ3n) is 1.41. The summed E-state index contributed by atoms with van der Waals surface area (Å²) in [5.74, 6) is 0.377. The third kappa shape index (κ3) is 1.26. The number of rotatable bonds is 1. The lowest BCUT2D eigenvalue weighted by Gasteiger charge is -1.99. The van der Waals surface area contributed by atoms with Gasteiger partial charge in [-0.3, -0.25) is 11.1 Å². The molecule has 0 bridgehead atoms. The fraction of sp³-hybridized carbons (Fsp3) is 0. The predicted molar refractivity (Wildman–Crippen MR) is 42.5 cm³/mol. The Morgan fingerprint density at radius 3 is 3.15 bits per heavy atom. The Balaban J connectivity index is 2.54. The van der Waals surface area contributed by atoms with Gasteiger partial charge < -0.3 is 4.74 Å². The number of tetrazole rings is 1. The number of aromatic nitrogens is 4. The van der Waals surface area contributed by atoms with E-state index in [1.807, 2.05) is 0 Å². The van der Waals surface area contributed by atoms with E-state index in [9.17, 15) is 0 Å². The van der Waals surface area contributed by atoms with Crippen molar-refractivity contribution >= 4 is 11.7 Å². The van der Waals surface area contributed by atoms with Gasteiger partial charge in [0.15, 0.2) is 5.65 Å². The molecule has 66 valence electrons. The van der Waals surface area contributed by atoms with Gasteiger partial charge in [0.25, 0.3) is 0 Å². The Kier molecular flexibility index (Phi) is 1.55. The van der Waals surface area contributed by atoms with Gasteiger partial charge in [-0.15, -0.1) is 5.10 Å². The normalized spacial score (nSPS) is 10.2. The molecule has 7 heteroatoms. The molecule has 0 aliphatic carbocycles. The van der Waals surface area contributed by atoms with Gasteiger partial charge in [-0.2, -0.15) is 4.52 Å². The number of hydrogen-bond acceptors (Lipinski definition) is 4. The van der Waals surface area contributed by atoms with E-state index in [1.165, 1.54) is 4.52 Å². The number of pyridine rings is 1. The topological polar surface area (TPSA) is 104 Å². The lowest BCUT2D eigenvalue weighted by molar-refractivity contribution is -0.133. The molecule has 0 amide bonds. The van der Waals surface area contributed by atoms with Crippen LogP contribution in [0.3, 0.4) is 0 Å². The van der Waals surface area contributed by atoms with E-state index in [2.05, 4.69) is 15.5 Å². The Bertz CT molecular complexity index is 449. The molecule has 0 aliphatic heterocycles. The zero-order valence-corrected chi connectivity index (χ0v) is 6.58. The van der Waals surface area contributed by atoms with Gasteiger partial charge in [-0.05, 0) is 16.5 Å². The van der Waals surface area contributed by atoms with Crippen molar-refractivity contribution in [1.82, 2.24) is 20.0 Å². The van der Waals surface area contributed by atoms with E-state index >= 15 is 0 Å². The fourth-order valence-corrected chi connectivity index (χ4v) is 0.940. The van der Waals surface area contributed by atoms with Gasteiger partial charge in [-0.1, -0.05) is 6.07 Å². The van der Waals surface area contributed by atoms with E-state index in [4.69, 9.17) is 15.9 Å². The van der Waals surface area contributed by atoms with Crippen LogP contribution in [0.4, 0.5) is 0 Å². The minimum atomic E-state index is -0.150. The third-order valence-corrected chi connectivity index (χ3v) is 1.41. The van der Waals surface area contributed by atoms with E-state index in [1.54, 1.807) is 18.2 Å². The van der Waals surface area contributed by atoms with E-state index in [0.717, 1.165) is 0 Å². The summed E-state index contributed by atoms with van der Waals surface area (Å²) in [6, 6.07) is 4.98. The molecule has 7 nitrogen and oxygen atoms in total. The summed E-state index contributed by atoms with van der Waals surface area (Å²) in [4.78, 5) is 0. The summed E-state index contributed by atoms with van der Waals surface area (Å²) >= 11 is 0. The Hall–Kier alpha value is -2.18. The highest BCUT2D eigenvalue weighted by molar-refractivity contribution is 5.67. The lowest BCUT2D eigenvalue weighted by atomic mass is 10.5. The van der Waals surface area contributed by atoms with Crippen molar-refractivity contribution in [2.24, 2.45) is 5.73 Å². The first-order valence-corrected chi connectivity index (χ1v) is 3.50. The monoisotopic (exact) mass is 179 g/mol. The van der Waals surface area contributed by atoms with Crippen LogP contribution in [-0.2, 0) is 0 Å². The Morgan fingerprint density at radius 1 is 1.54 bits per heavy atom. The van der Waals surface area contributed by atoms with Gasteiger partial charge in [0.2, 0.25) is 5.88 Å². The van der Waals surface area contributed by atoms with Crippen molar-refractivity contribution in [1.29, 1.82) is 0 Å². The molecule has 0 unspecified atom stereocenters. The summed E-state index contributed by atoms with van der Waals surface area (Å²) in [5.41, 5.74) is 5.74. The molecule has 0 aliphatic rings. The van der Waals surface area contributed by atoms with Crippen LogP contribution in [0.1, 0.15) is 0 Å². The van der Waals surface area contributed by atoms with Crippen LogP contribution in [0.25, 0.3) is 5.65 Å². The minimum Gasteiger partial charge on any atom is -0.373 e. The van der Waals surface area contributed by atoms with Crippen molar-refractivity contribution in [3.05, 3.63) is 18.2 Å². The summed E-state index contributed by atoms with van der Waals surface area (Å²) in [6.07, 6.45) is 0. The second kappa shape index (κ2) is 2.70. The second-order valence-corrected chi connectivity index (χ2v) is 2.32. The summed E-state index contributed by atoms with van der Waals surface area (Å²) < 4.78 is 6.37. The van der Waals surface area contributed by atoms with Gasteiger partial charge in [0.1, 0.15) is 0 Å². The molecule has 0 saturated heterocycles. The number of amidine groups is 1. The summed E-state index contributed by atoms with van der Waals surface area (Å²) in [5, 5.41) is 16.0. The van der Waals surface area contributed by atoms with Gasteiger partial charge >= 0.3 is 6.02 Å². The van der Waals surface area contributed by atoms with Crippen LogP contribution in [0.2, 0.25) is 0 Å². The number of hydrogen-bond donors (Lipinski definition) is 2. The molecule has 2 aromatic rings. The molecule has 0 spiro atoms. The number of nitrogens with two attached hydrogens (primary N) is 2. The first kappa shape index (κ1) is 7.47. The standard InChI is InChI=1S/C6H6N6O/c7-6(8)13-5-3-1-2-4-9-10-11-12(4)5/h1-3H,(H3,7,8)/p+1. The molecule has 0 atom stereocenters. The maximum absolute atomic E-state index is 5.17. The molecule has 2 aromatic heterocycles. The van der Waals surface area contributed by atoms with Gasteiger partial charge in [0, 0.05) is 6.07 Å². The summed E-state index contributed by atoms with van der Waals surface area (Å²) in [7, 11) is 0. The smallest absolute Gasteiger partial charge is 0.373 e. The highest BCUT2D eigenvalue weighted by Crippen LogP contribution is 2.09. The van der Waals surface area contributed by atoms with Crippen molar-refractivity contribution in [3.8, 4) is 5.88 Å². The van der Waals surface area contributed by atoms with Crippen LogP contribution < -0.4 is 15.9 Å². The van der Waals surface area contributed by atoms with Gasteiger partial charge in [0.05, 0.1) is 0 Å².